The predicted octanol–water partition coefficient (Wildman–Crippen LogP) is 3.98. The van der Waals surface area contributed by atoms with Gasteiger partial charge in [-0.3, -0.25) is 0 Å². The molecule has 0 radical (unpaired) electrons. The van der Waals surface area contributed by atoms with Crippen LogP contribution < -0.4 is 25.3 Å². The van der Waals surface area contributed by atoms with Gasteiger partial charge in [-0.25, -0.2) is 0 Å². The van der Waals surface area contributed by atoms with Crippen LogP contribution in [0.25, 0.3) is 0 Å². The molecule has 2 N–H and O–H groups in total. The minimum atomic E-state index is 0.517. The highest BCUT2D eigenvalue weighted by Crippen LogP contribution is 2.27. The van der Waals surface area contributed by atoms with Crippen LogP contribution in [-0.2, 0) is 0 Å². The second kappa shape index (κ2) is 11.0. The molecule has 0 spiro atoms. The third kappa shape index (κ3) is 6.47. The topological polar surface area (TPSA) is 59.6 Å². The van der Waals surface area contributed by atoms with E-state index in [-0.39, 0.29) is 0 Å². The van der Waals surface area contributed by atoms with Crippen molar-refractivity contribution in [3.63, 3.8) is 0 Å². The van der Waals surface area contributed by atoms with Crippen LogP contribution in [0.2, 0.25) is 0 Å². The first kappa shape index (κ1) is 23.5. The summed E-state index contributed by atoms with van der Waals surface area (Å²) < 4.78 is 0. The van der Waals surface area contributed by atoms with Gasteiger partial charge >= 0.3 is 0 Å². The molecule has 1 aromatic carbocycles. The Balaban J connectivity index is 1.51. The smallest absolute Gasteiger partial charge is 0.232 e. The van der Waals surface area contributed by atoms with E-state index in [4.69, 9.17) is 22.2 Å². The van der Waals surface area contributed by atoms with E-state index in [2.05, 4.69) is 82.5 Å². The van der Waals surface area contributed by atoms with Crippen molar-refractivity contribution >= 4 is 40.6 Å². The SMILES string of the molecule is CC(C)CNC(=S)Nc1nc(N2CCN(c3ccccc3)CC2)cc(N2CCCC(C)C2)n1. The lowest BCUT2D eigenvalue weighted by Gasteiger charge is -2.37. The van der Waals surface area contributed by atoms with Gasteiger partial charge in [-0.15, -0.1) is 0 Å². The minimum Gasteiger partial charge on any atom is -0.368 e. The van der Waals surface area contributed by atoms with Gasteiger partial charge in [-0.1, -0.05) is 39.0 Å². The number of piperidine rings is 1. The van der Waals surface area contributed by atoms with E-state index in [9.17, 15) is 0 Å². The fourth-order valence-corrected chi connectivity index (χ4v) is 4.65. The fourth-order valence-electron chi connectivity index (χ4n) is 4.47. The van der Waals surface area contributed by atoms with E-state index in [1.807, 2.05) is 0 Å². The number of anilines is 4. The Kier molecular flexibility index (Phi) is 7.85. The lowest BCUT2D eigenvalue weighted by atomic mass is 10.0. The molecule has 2 aromatic rings. The maximum atomic E-state index is 5.51. The largest absolute Gasteiger partial charge is 0.368 e. The van der Waals surface area contributed by atoms with Gasteiger partial charge in [0.2, 0.25) is 5.95 Å². The molecule has 0 amide bonds. The number of rotatable bonds is 6. The van der Waals surface area contributed by atoms with Crippen molar-refractivity contribution in [2.45, 2.75) is 33.6 Å². The molecule has 0 saturated carbocycles. The lowest BCUT2D eigenvalue weighted by Crippen LogP contribution is -2.47. The van der Waals surface area contributed by atoms with Crippen LogP contribution >= 0.6 is 12.2 Å². The van der Waals surface area contributed by atoms with Crippen molar-refractivity contribution in [2.75, 3.05) is 65.8 Å². The highest BCUT2D eigenvalue weighted by Gasteiger charge is 2.23. The van der Waals surface area contributed by atoms with E-state index < -0.39 is 0 Å². The van der Waals surface area contributed by atoms with Gasteiger partial charge in [0, 0.05) is 57.6 Å². The van der Waals surface area contributed by atoms with Crippen LogP contribution in [0.3, 0.4) is 0 Å². The molecule has 0 aliphatic carbocycles. The minimum absolute atomic E-state index is 0.517. The van der Waals surface area contributed by atoms with Gasteiger partial charge in [0.25, 0.3) is 0 Å². The number of thiocarbonyl (C=S) groups is 1. The first-order valence-electron chi connectivity index (χ1n) is 12.2. The summed E-state index contributed by atoms with van der Waals surface area (Å²) in [5.74, 6) is 3.74. The molecule has 3 heterocycles. The highest BCUT2D eigenvalue weighted by molar-refractivity contribution is 7.80. The Morgan fingerprint density at radius 2 is 1.67 bits per heavy atom. The molecule has 33 heavy (non-hydrogen) atoms. The Morgan fingerprint density at radius 3 is 2.33 bits per heavy atom. The molecule has 1 atom stereocenters. The van der Waals surface area contributed by atoms with Gasteiger partial charge in [0.15, 0.2) is 5.11 Å². The molecule has 2 fully saturated rings. The summed E-state index contributed by atoms with van der Waals surface area (Å²) in [6.45, 7) is 13.3. The van der Waals surface area contributed by atoms with Crippen LogP contribution in [0, 0.1) is 11.8 Å². The van der Waals surface area contributed by atoms with Crippen molar-refractivity contribution in [2.24, 2.45) is 11.8 Å². The lowest BCUT2D eigenvalue weighted by molar-refractivity contribution is 0.444. The molecule has 0 bridgehead atoms. The second-order valence-corrected chi connectivity index (χ2v) is 10.0. The van der Waals surface area contributed by atoms with E-state index in [0.717, 1.165) is 57.4 Å². The quantitative estimate of drug-likeness (QED) is 0.619. The van der Waals surface area contributed by atoms with Gasteiger partial charge in [-0.05, 0) is 49.0 Å². The third-order valence-corrected chi connectivity index (χ3v) is 6.55. The highest BCUT2D eigenvalue weighted by atomic mass is 32.1. The number of nitrogens with zero attached hydrogens (tertiary/aromatic N) is 5. The molecule has 178 valence electrons. The van der Waals surface area contributed by atoms with E-state index in [0.29, 0.717) is 22.9 Å². The van der Waals surface area contributed by atoms with Crippen LogP contribution in [0.5, 0.6) is 0 Å². The number of hydrogen-bond acceptors (Lipinski definition) is 6. The number of piperazine rings is 1. The number of nitrogens with one attached hydrogen (secondary N) is 2. The summed E-state index contributed by atoms with van der Waals surface area (Å²) in [4.78, 5) is 16.9. The first-order chi connectivity index (χ1) is 16.0. The zero-order valence-electron chi connectivity index (χ0n) is 20.1. The van der Waals surface area contributed by atoms with E-state index >= 15 is 0 Å². The monoisotopic (exact) mass is 467 g/mol. The summed E-state index contributed by atoms with van der Waals surface area (Å²) in [5, 5.41) is 7.08. The van der Waals surface area contributed by atoms with E-state index in [1.54, 1.807) is 0 Å². The summed E-state index contributed by atoms with van der Waals surface area (Å²) >= 11 is 5.51. The Labute approximate surface area is 203 Å². The molecule has 8 heteroatoms. The summed E-state index contributed by atoms with van der Waals surface area (Å²) in [6.07, 6.45) is 2.48. The van der Waals surface area contributed by atoms with Gasteiger partial charge in [-0.2, -0.15) is 9.97 Å². The summed E-state index contributed by atoms with van der Waals surface area (Å²) in [6, 6.07) is 12.8. The van der Waals surface area contributed by atoms with E-state index in [1.165, 1.54) is 18.5 Å². The van der Waals surface area contributed by atoms with Crippen LogP contribution in [0.4, 0.5) is 23.3 Å². The molecule has 2 aliphatic rings. The molecule has 1 aromatic heterocycles. The Morgan fingerprint density at radius 1 is 1.00 bits per heavy atom. The Hall–Kier alpha value is -2.61. The maximum Gasteiger partial charge on any atom is 0.232 e. The van der Waals surface area contributed by atoms with Crippen molar-refractivity contribution in [3.05, 3.63) is 36.4 Å². The number of aromatic nitrogens is 2. The zero-order chi connectivity index (χ0) is 23.2. The fraction of sp³-hybridized carbons (Fsp3) is 0.560. The van der Waals surface area contributed by atoms with Crippen molar-refractivity contribution in [3.8, 4) is 0 Å². The number of para-hydroxylation sites is 1. The summed E-state index contributed by atoms with van der Waals surface area (Å²) in [5.41, 5.74) is 1.28. The predicted molar refractivity (Wildman–Crippen MR) is 143 cm³/mol. The number of hydrogen-bond donors (Lipinski definition) is 2. The molecule has 7 nitrogen and oxygen atoms in total. The van der Waals surface area contributed by atoms with Gasteiger partial charge < -0.3 is 25.3 Å². The zero-order valence-corrected chi connectivity index (χ0v) is 20.9. The van der Waals surface area contributed by atoms with Crippen molar-refractivity contribution in [1.82, 2.24) is 15.3 Å². The average Bonchev–Trinajstić information content (AvgIpc) is 2.83. The van der Waals surface area contributed by atoms with Crippen molar-refractivity contribution in [1.29, 1.82) is 0 Å². The van der Waals surface area contributed by atoms with Gasteiger partial charge in [0.05, 0.1) is 0 Å². The standard InChI is InChI=1S/C25H37N7S/c1-19(2)17-26-25(33)29-24-27-22(16-23(28-24)32-11-7-8-20(3)18-32)31-14-12-30(13-15-31)21-9-5-4-6-10-21/h4-6,9-10,16,19-20H,7-8,11-15,17-18H2,1-3H3,(H2,26,27,28,29,33). The second-order valence-electron chi connectivity index (χ2n) is 9.64. The van der Waals surface area contributed by atoms with Crippen molar-refractivity contribution < 1.29 is 0 Å². The Bertz CT molecular complexity index is 912. The molecule has 1 unspecified atom stereocenters. The van der Waals surface area contributed by atoms with Gasteiger partial charge in [0.1, 0.15) is 11.6 Å². The first-order valence-corrected chi connectivity index (χ1v) is 12.6. The summed E-state index contributed by atoms with van der Waals surface area (Å²) in [7, 11) is 0. The molecule has 4 rings (SSSR count). The number of benzene rings is 1. The maximum absolute atomic E-state index is 5.51. The van der Waals surface area contributed by atoms with Crippen LogP contribution in [-0.4, -0.2) is 60.9 Å². The molecular formula is C25H37N7S. The average molecular weight is 468 g/mol. The molecule has 2 aliphatic heterocycles. The van der Waals surface area contributed by atoms with Crippen LogP contribution in [0.15, 0.2) is 36.4 Å². The molecular weight excluding hydrogens is 430 g/mol. The normalized spacial score (nSPS) is 19.0. The molecule has 2 saturated heterocycles. The third-order valence-electron chi connectivity index (χ3n) is 6.30. The van der Waals surface area contributed by atoms with Crippen LogP contribution in [0.1, 0.15) is 33.6 Å².